The smallest absolute Gasteiger partial charge is 0.0942 e. The third-order valence-corrected chi connectivity index (χ3v) is 11.9. The lowest BCUT2D eigenvalue weighted by atomic mass is 10.0. The predicted molar refractivity (Wildman–Crippen MR) is 235 cm³/mol. The van der Waals surface area contributed by atoms with Gasteiger partial charge in [0.2, 0.25) is 0 Å². The predicted octanol–water partition coefficient (Wildman–Crippen LogP) is 12.6. The lowest BCUT2D eigenvalue weighted by Crippen LogP contribution is -2.00. The summed E-state index contributed by atoms with van der Waals surface area (Å²) in [5, 5.41) is 10.4. The minimum absolute atomic E-state index is 0.955. The van der Waals surface area contributed by atoms with Gasteiger partial charge in [-0.3, -0.25) is 15.0 Å². The van der Waals surface area contributed by atoms with Crippen LogP contribution in [0.4, 0.5) is 0 Å². The monoisotopic (exact) mass is 726 g/mol. The SMILES string of the molecule is c1cnc2c(-n3c4ccccc4c4c3c3c5ccccc5n(-c5cccc6cccnc56)c3c3c5ccccc5n(-c5cccc6cccnc56)c43)cccc2c1. The summed E-state index contributed by atoms with van der Waals surface area (Å²) < 4.78 is 7.43. The number of fused-ring (bicyclic) bond motifs is 15. The van der Waals surface area contributed by atoms with Crippen LogP contribution in [0.3, 0.4) is 0 Å². The van der Waals surface area contributed by atoms with Crippen LogP contribution in [0.1, 0.15) is 0 Å². The largest absolute Gasteiger partial charge is 0.306 e. The first kappa shape index (κ1) is 30.5. The van der Waals surface area contributed by atoms with Crippen molar-refractivity contribution >= 4 is 98.1 Å². The zero-order valence-corrected chi connectivity index (χ0v) is 30.5. The van der Waals surface area contributed by atoms with E-state index in [9.17, 15) is 0 Å². The molecule has 57 heavy (non-hydrogen) atoms. The van der Waals surface area contributed by atoms with E-state index in [2.05, 4.69) is 159 Å². The molecule has 6 nitrogen and oxygen atoms in total. The minimum atomic E-state index is 0.955. The van der Waals surface area contributed by atoms with Gasteiger partial charge in [-0.15, -0.1) is 0 Å². The second-order valence-corrected chi connectivity index (χ2v) is 14.8. The average Bonchev–Trinajstić information content (AvgIpc) is 3.92. The highest BCUT2D eigenvalue weighted by Crippen LogP contribution is 2.51. The lowest BCUT2D eigenvalue weighted by Gasteiger charge is -2.15. The van der Waals surface area contributed by atoms with Crippen molar-refractivity contribution in [3.8, 4) is 17.1 Å². The van der Waals surface area contributed by atoms with Crippen LogP contribution < -0.4 is 0 Å². The molecule has 7 aromatic carbocycles. The molecule has 6 heterocycles. The quantitative estimate of drug-likeness (QED) is 0.182. The first-order chi connectivity index (χ1) is 28.3. The Kier molecular flexibility index (Phi) is 6.07. The number of para-hydroxylation sites is 6. The summed E-state index contributed by atoms with van der Waals surface area (Å²) in [7, 11) is 0. The van der Waals surface area contributed by atoms with E-state index in [1.807, 2.05) is 36.8 Å². The highest BCUT2D eigenvalue weighted by Gasteiger charge is 2.30. The molecule has 0 atom stereocenters. The number of nitrogens with zero attached hydrogens (tertiary/aromatic N) is 6. The number of hydrogen-bond acceptors (Lipinski definition) is 3. The van der Waals surface area contributed by atoms with Crippen molar-refractivity contribution < 1.29 is 0 Å². The van der Waals surface area contributed by atoms with Crippen LogP contribution in [-0.4, -0.2) is 28.7 Å². The molecule has 0 amide bonds. The van der Waals surface area contributed by atoms with Crippen LogP contribution in [0.5, 0.6) is 0 Å². The van der Waals surface area contributed by atoms with Crippen molar-refractivity contribution in [2.24, 2.45) is 0 Å². The highest BCUT2D eigenvalue weighted by molar-refractivity contribution is 6.40. The van der Waals surface area contributed by atoms with E-state index < -0.39 is 0 Å². The van der Waals surface area contributed by atoms with E-state index in [0.717, 1.165) is 82.9 Å². The van der Waals surface area contributed by atoms with E-state index in [-0.39, 0.29) is 0 Å². The Labute approximate surface area is 325 Å². The second-order valence-electron chi connectivity index (χ2n) is 14.8. The van der Waals surface area contributed by atoms with Crippen LogP contribution in [0, 0.1) is 0 Å². The first-order valence-corrected chi connectivity index (χ1v) is 19.3. The molecule has 0 fully saturated rings. The number of rotatable bonds is 3. The molecule has 0 aliphatic carbocycles. The zero-order chi connectivity index (χ0) is 37.2. The van der Waals surface area contributed by atoms with E-state index in [0.29, 0.717) is 0 Å². The maximum absolute atomic E-state index is 5.03. The Bertz CT molecular complexity index is 3380. The Morgan fingerprint density at radius 1 is 0.281 bits per heavy atom. The van der Waals surface area contributed by atoms with Crippen LogP contribution in [0.15, 0.2) is 182 Å². The van der Waals surface area contributed by atoms with Gasteiger partial charge in [-0.1, -0.05) is 109 Å². The Balaban J connectivity index is 1.40. The minimum Gasteiger partial charge on any atom is -0.306 e. The third-order valence-electron chi connectivity index (χ3n) is 11.9. The number of benzene rings is 7. The molecule has 13 aromatic rings. The molecule has 13 rings (SSSR count). The Hall–Kier alpha value is -7.83. The van der Waals surface area contributed by atoms with Gasteiger partial charge in [0, 0.05) is 67.1 Å². The van der Waals surface area contributed by atoms with Crippen molar-refractivity contribution in [3.63, 3.8) is 0 Å². The van der Waals surface area contributed by atoms with Gasteiger partial charge < -0.3 is 13.7 Å². The molecule has 6 aromatic heterocycles. The number of pyridine rings is 3. The molecule has 0 spiro atoms. The van der Waals surface area contributed by atoms with Crippen molar-refractivity contribution in [2.45, 2.75) is 0 Å². The Morgan fingerprint density at radius 3 is 0.912 bits per heavy atom. The molecule has 0 N–H and O–H groups in total. The fraction of sp³-hybridized carbons (Fsp3) is 0. The summed E-state index contributed by atoms with van der Waals surface area (Å²) in [6.07, 6.45) is 5.70. The van der Waals surface area contributed by atoms with Gasteiger partial charge in [0.05, 0.1) is 66.7 Å². The Morgan fingerprint density at radius 2 is 0.579 bits per heavy atom. The van der Waals surface area contributed by atoms with E-state index in [1.54, 1.807) is 0 Å². The normalized spacial score (nSPS) is 12.2. The molecule has 0 unspecified atom stereocenters. The summed E-state index contributed by atoms with van der Waals surface area (Å²) in [5.74, 6) is 0. The van der Waals surface area contributed by atoms with Crippen molar-refractivity contribution in [1.29, 1.82) is 0 Å². The summed E-state index contributed by atoms with van der Waals surface area (Å²) in [5.41, 5.74) is 12.8. The fourth-order valence-corrected chi connectivity index (χ4v) is 9.71. The lowest BCUT2D eigenvalue weighted by molar-refractivity contribution is 1.17. The standard InChI is InChI=1S/C51H30N6/c1-4-22-37-34(19-1)43-49(55(37)40-25-7-13-31-16-10-28-52-46(31)40)44-36-21-3-6-24-39(36)57(42-27-9-15-33-18-12-30-54-48(33)42)51(44)45-35-20-2-5-23-38(35)56(50(43)45)41-26-8-14-32-17-11-29-53-47(32)41/h1-30H. The third kappa shape index (κ3) is 4.00. The van der Waals surface area contributed by atoms with Crippen LogP contribution in [-0.2, 0) is 0 Å². The van der Waals surface area contributed by atoms with Gasteiger partial charge in [0.1, 0.15) is 0 Å². The van der Waals surface area contributed by atoms with Gasteiger partial charge in [-0.2, -0.15) is 0 Å². The summed E-state index contributed by atoms with van der Waals surface area (Å²) in [6, 6.07) is 58.7. The zero-order valence-electron chi connectivity index (χ0n) is 30.5. The van der Waals surface area contributed by atoms with E-state index in [1.165, 1.54) is 32.3 Å². The van der Waals surface area contributed by atoms with Crippen molar-refractivity contribution in [1.82, 2.24) is 28.7 Å². The van der Waals surface area contributed by atoms with Crippen LogP contribution >= 0.6 is 0 Å². The second kappa shape index (κ2) is 11.4. The van der Waals surface area contributed by atoms with Crippen LogP contribution in [0.25, 0.3) is 115 Å². The van der Waals surface area contributed by atoms with E-state index in [4.69, 9.17) is 15.0 Å². The molecule has 0 saturated heterocycles. The van der Waals surface area contributed by atoms with Gasteiger partial charge >= 0.3 is 0 Å². The number of aromatic nitrogens is 6. The van der Waals surface area contributed by atoms with Crippen molar-refractivity contribution in [2.75, 3.05) is 0 Å². The maximum atomic E-state index is 5.03. The maximum Gasteiger partial charge on any atom is 0.0942 e. The van der Waals surface area contributed by atoms with Gasteiger partial charge in [-0.05, 0) is 54.6 Å². The molecule has 0 radical (unpaired) electrons. The van der Waals surface area contributed by atoms with Crippen molar-refractivity contribution in [3.05, 3.63) is 182 Å². The summed E-state index contributed by atoms with van der Waals surface area (Å²) in [6.45, 7) is 0. The fourth-order valence-electron chi connectivity index (χ4n) is 9.71. The molecular weight excluding hydrogens is 697 g/mol. The van der Waals surface area contributed by atoms with E-state index >= 15 is 0 Å². The van der Waals surface area contributed by atoms with Gasteiger partial charge in [-0.25, -0.2) is 0 Å². The summed E-state index contributed by atoms with van der Waals surface area (Å²) >= 11 is 0. The molecule has 6 heteroatoms. The number of hydrogen-bond donors (Lipinski definition) is 0. The molecule has 264 valence electrons. The molecule has 0 aliphatic rings. The topological polar surface area (TPSA) is 53.5 Å². The van der Waals surface area contributed by atoms with Gasteiger partial charge in [0.15, 0.2) is 0 Å². The molecular formula is C51H30N6. The van der Waals surface area contributed by atoms with Crippen LogP contribution in [0.2, 0.25) is 0 Å². The average molecular weight is 727 g/mol. The summed E-state index contributed by atoms with van der Waals surface area (Å²) in [4.78, 5) is 15.1. The molecule has 0 saturated carbocycles. The first-order valence-electron chi connectivity index (χ1n) is 19.3. The molecule has 0 bridgehead atoms. The van der Waals surface area contributed by atoms with Gasteiger partial charge in [0.25, 0.3) is 0 Å². The highest BCUT2D eigenvalue weighted by atomic mass is 15.1. The molecule has 0 aliphatic heterocycles.